The molecular formula is C16H15N3O2. The number of nitrogen functional groups attached to an aromatic ring is 1. The summed E-state index contributed by atoms with van der Waals surface area (Å²) in [6.45, 7) is 0.362. The van der Waals surface area contributed by atoms with Gasteiger partial charge in [0, 0.05) is 6.54 Å². The third kappa shape index (κ3) is 3.31. The molecule has 3 N–H and O–H groups in total. The van der Waals surface area contributed by atoms with Crippen LogP contribution in [0.15, 0.2) is 42.5 Å². The van der Waals surface area contributed by atoms with Crippen LogP contribution < -0.4 is 15.8 Å². The molecule has 0 spiro atoms. The smallest absolute Gasteiger partial charge is 0.253 e. The molecule has 5 heteroatoms. The van der Waals surface area contributed by atoms with Gasteiger partial charge >= 0.3 is 0 Å². The second-order valence-electron chi connectivity index (χ2n) is 4.41. The standard InChI is InChI=1S/C16H15N3O2/c1-21-14-4-2-3-13(15(14)18)16(20)19-10-12-7-5-11(9-17)6-8-12/h2-8H,10,18H2,1H3,(H,19,20). The summed E-state index contributed by atoms with van der Waals surface area (Å²) in [5, 5.41) is 11.5. The number of hydrogen-bond acceptors (Lipinski definition) is 4. The summed E-state index contributed by atoms with van der Waals surface area (Å²) < 4.78 is 5.09. The number of carbonyl (C=O) groups excluding carboxylic acids is 1. The third-order valence-electron chi connectivity index (χ3n) is 3.07. The van der Waals surface area contributed by atoms with E-state index in [1.54, 1.807) is 42.5 Å². The molecule has 0 unspecified atom stereocenters. The molecule has 2 rings (SSSR count). The fourth-order valence-electron chi connectivity index (χ4n) is 1.89. The van der Waals surface area contributed by atoms with Gasteiger partial charge in [-0.1, -0.05) is 18.2 Å². The zero-order valence-corrected chi connectivity index (χ0v) is 11.6. The molecule has 0 atom stereocenters. The molecule has 0 saturated heterocycles. The maximum atomic E-state index is 12.1. The first kappa shape index (κ1) is 14.4. The molecule has 0 radical (unpaired) electrons. The summed E-state index contributed by atoms with van der Waals surface area (Å²) in [5.74, 6) is 0.205. The quantitative estimate of drug-likeness (QED) is 0.840. The molecule has 0 saturated carbocycles. The van der Waals surface area contributed by atoms with E-state index in [1.165, 1.54) is 7.11 Å². The van der Waals surface area contributed by atoms with Gasteiger partial charge < -0.3 is 15.8 Å². The number of anilines is 1. The number of nitriles is 1. The van der Waals surface area contributed by atoms with Crippen LogP contribution in [0.5, 0.6) is 5.75 Å². The van der Waals surface area contributed by atoms with Gasteiger partial charge in [0.2, 0.25) is 0 Å². The third-order valence-corrected chi connectivity index (χ3v) is 3.07. The van der Waals surface area contributed by atoms with E-state index in [4.69, 9.17) is 15.7 Å². The van der Waals surface area contributed by atoms with Crippen LogP contribution in [0.4, 0.5) is 5.69 Å². The Morgan fingerprint density at radius 3 is 2.62 bits per heavy atom. The SMILES string of the molecule is COc1cccc(C(=O)NCc2ccc(C#N)cc2)c1N. The number of benzene rings is 2. The van der Waals surface area contributed by atoms with Gasteiger partial charge in [-0.25, -0.2) is 0 Å². The van der Waals surface area contributed by atoms with Crippen molar-refractivity contribution in [2.45, 2.75) is 6.54 Å². The summed E-state index contributed by atoms with van der Waals surface area (Å²) >= 11 is 0. The highest BCUT2D eigenvalue weighted by molar-refractivity contribution is 6.00. The minimum absolute atomic E-state index is 0.268. The van der Waals surface area contributed by atoms with Crippen molar-refractivity contribution in [3.8, 4) is 11.8 Å². The lowest BCUT2D eigenvalue weighted by molar-refractivity contribution is 0.0951. The van der Waals surface area contributed by atoms with Crippen LogP contribution in [-0.2, 0) is 6.54 Å². The van der Waals surface area contributed by atoms with Gasteiger partial charge in [0.05, 0.1) is 30.0 Å². The highest BCUT2D eigenvalue weighted by Crippen LogP contribution is 2.24. The predicted octanol–water partition coefficient (Wildman–Crippen LogP) is 2.08. The number of para-hydroxylation sites is 1. The Morgan fingerprint density at radius 1 is 1.29 bits per heavy atom. The van der Waals surface area contributed by atoms with Gasteiger partial charge in [-0.2, -0.15) is 5.26 Å². The van der Waals surface area contributed by atoms with E-state index in [0.717, 1.165) is 5.56 Å². The van der Waals surface area contributed by atoms with Crippen LogP contribution in [-0.4, -0.2) is 13.0 Å². The van der Waals surface area contributed by atoms with Gasteiger partial charge in [-0.15, -0.1) is 0 Å². The van der Waals surface area contributed by atoms with Crippen LogP contribution in [0.2, 0.25) is 0 Å². The number of rotatable bonds is 4. The maximum absolute atomic E-state index is 12.1. The number of nitrogens with two attached hydrogens (primary N) is 1. The topological polar surface area (TPSA) is 88.1 Å². The zero-order valence-electron chi connectivity index (χ0n) is 11.6. The largest absolute Gasteiger partial charge is 0.495 e. The van der Waals surface area contributed by atoms with Crippen molar-refractivity contribution in [2.24, 2.45) is 0 Å². The normalized spacial score (nSPS) is 9.71. The average Bonchev–Trinajstić information content (AvgIpc) is 2.53. The highest BCUT2D eigenvalue weighted by atomic mass is 16.5. The van der Waals surface area contributed by atoms with Crippen molar-refractivity contribution in [3.63, 3.8) is 0 Å². The highest BCUT2D eigenvalue weighted by Gasteiger charge is 2.12. The van der Waals surface area contributed by atoms with E-state index >= 15 is 0 Å². The molecule has 0 aliphatic heterocycles. The molecule has 1 amide bonds. The molecule has 0 aromatic heterocycles. The molecule has 0 heterocycles. The average molecular weight is 281 g/mol. The van der Waals surface area contributed by atoms with Gasteiger partial charge in [-0.3, -0.25) is 4.79 Å². The van der Waals surface area contributed by atoms with Crippen molar-refractivity contribution >= 4 is 11.6 Å². The Labute approximate surface area is 123 Å². The van der Waals surface area contributed by atoms with E-state index in [1.807, 2.05) is 6.07 Å². The van der Waals surface area contributed by atoms with E-state index in [2.05, 4.69) is 5.32 Å². The van der Waals surface area contributed by atoms with Gasteiger partial charge in [-0.05, 0) is 29.8 Å². The van der Waals surface area contributed by atoms with E-state index in [0.29, 0.717) is 29.1 Å². The molecule has 5 nitrogen and oxygen atoms in total. The molecular weight excluding hydrogens is 266 g/mol. The number of nitrogens with zero attached hydrogens (tertiary/aromatic N) is 1. The molecule has 21 heavy (non-hydrogen) atoms. The first-order chi connectivity index (χ1) is 10.2. The van der Waals surface area contributed by atoms with Crippen molar-refractivity contribution in [2.75, 3.05) is 12.8 Å². The van der Waals surface area contributed by atoms with E-state index < -0.39 is 0 Å². The second-order valence-corrected chi connectivity index (χ2v) is 4.41. The van der Waals surface area contributed by atoms with Crippen molar-refractivity contribution < 1.29 is 9.53 Å². The molecule has 2 aromatic carbocycles. The summed E-state index contributed by atoms with van der Waals surface area (Å²) in [6, 6.07) is 14.1. The number of methoxy groups -OCH3 is 1. The zero-order chi connectivity index (χ0) is 15.2. The molecule has 0 aliphatic rings. The van der Waals surface area contributed by atoms with Crippen LogP contribution in [0, 0.1) is 11.3 Å². The van der Waals surface area contributed by atoms with E-state index in [-0.39, 0.29) is 5.91 Å². The molecule has 2 aromatic rings. The number of ether oxygens (including phenoxy) is 1. The monoisotopic (exact) mass is 281 g/mol. The summed E-state index contributed by atoms with van der Waals surface area (Å²) in [7, 11) is 1.50. The molecule has 106 valence electrons. The lowest BCUT2D eigenvalue weighted by Gasteiger charge is -2.10. The summed E-state index contributed by atoms with van der Waals surface area (Å²) in [6.07, 6.45) is 0. The van der Waals surface area contributed by atoms with Gasteiger partial charge in [0.25, 0.3) is 5.91 Å². The number of nitrogens with one attached hydrogen (secondary N) is 1. The van der Waals surface area contributed by atoms with E-state index in [9.17, 15) is 4.79 Å². The minimum atomic E-state index is -0.268. The Balaban J connectivity index is 2.06. The van der Waals surface area contributed by atoms with Crippen LogP contribution >= 0.6 is 0 Å². The lowest BCUT2D eigenvalue weighted by Crippen LogP contribution is -2.23. The molecule has 0 bridgehead atoms. The van der Waals surface area contributed by atoms with Crippen molar-refractivity contribution in [3.05, 3.63) is 59.2 Å². The Bertz CT molecular complexity index is 688. The Morgan fingerprint density at radius 2 is 2.00 bits per heavy atom. The molecule has 0 aliphatic carbocycles. The van der Waals surface area contributed by atoms with Crippen LogP contribution in [0.1, 0.15) is 21.5 Å². The van der Waals surface area contributed by atoms with Gasteiger partial charge in [0.15, 0.2) is 0 Å². The van der Waals surface area contributed by atoms with Crippen LogP contribution in [0.25, 0.3) is 0 Å². The van der Waals surface area contributed by atoms with Crippen molar-refractivity contribution in [1.29, 1.82) is 5.26 Å². The lowest BCUT2D eigenvalue weighted by atomic mass is 10.1. The second kappa shape index (κ2) is 6.44. The van der Waals surface area contributed by atoms with Gasteiger partial charge in [0.1, 0.15) is 5.75 Å². The number of carbonyl (C=O) groups is 1. The fourth-order valence-corrected chi connectivity index (χ4v) is 1.89. The van der Waals surface area contributed by atoms with Crippen molar-refractivity contribution in [1.82, 2.24) is 5.32 Å². The predicted molar refractivity (Wildman–Crippen MR) is 79.7 cm³/mol. The number of hydrogen-bond donors (Lipinski definition) is 2. The first-order valence-corrected chi connectivity index (χ1v) is 6.35. The minimum Gasteiger partial charge on any atom is -0.495 e. The fraction of sp³-hybridized carbons (Fsp3) is 0.125. The Kier molecular flexibility index (Phi) is 4.42. The summed E-state index contributed by atoms with van der Waals surface area (Å²) in [4.78, 5) is 12.1. The molecule has 0 fully saturated rings. The maximum Gasteiger partial charge on any atom is 0.253 e. The Hall–Kier alpha value is -3.00. The first-order valence-electron chi connectivity index (χ1n) is 6.35. The van der Waals surface area contributed by atoms with Crippen LogP contribution in [0.3, 0.4) is 0 Å². The number of amides is 1. The summed E-state index contributed by atoms with van der Waals surface area (Å²) in [5.41, 5.74) is 8.07.